The lowest BCUT2D eigenvalue weighted by molar-refractivity contribution is -0.122. The minimum Gasteiger partial charge on any atom is -0.352 e. The monoisotopic (exact) mass is 313 g/mol. The zero-order valence-electron chi connectivity index (χ0n) is 13.3. The zero-order valence-corrected chi connectivity index (χ0v) is 13.3. The highest BCUT2D eigenvalue weighted by Crippen LogP contribution is 2.18. The van der Waals surface area contributed by atoms with E-state index in [9.17, 15) is 4.79 Å². The lowest BCUT2D eigenvalue weighted by atomic mass is 10.3. The molecule has 1 aliphatic carbocycles. The molecule has 2 N–H and O–H groups in total. The van der Waals surface area contributed by atoms with Crippen molar-refractivity contribution in [1.29, 1.82) is 0 Å². The number of amides is 1. The van der Waals surface area contributed by atoms with Gasteiger partial charge < -0.3 is 10.3 Å². The van der Waals surface area contributed by atoms with Gasteiger partial charge in [0.2, 0.25) is 5.91 Å². The number of imidazole rings is 1. The van der Waals surface area contributed by atoms with E-state index in [1.165, 1.54) is 0 Å². The van der Waals surface area contributed by atoms with Gasteiger partial charge in [-0.2, -0.15) is 0 Å². The SMILES string of the molecule is O=C(CN1CCN(Cc2nc3ccccc3[nH]2)CC1)NC1CC1. The molecule has 1 saturated heterocycles. The van der Waals surface area contributed by atoms with Gasteiger partial charge in [-0.25, -0.2) is 4.98 Å². The first-order valence-electron chi connectivity index (χ1n) is 8.44. The number of H-pyrrole nitrogens is 1. The molecule has 4 rings (SSSR count). The predicted molar refractivity (Wildman–Crippen MR) is 89.0 cm³/mol. The summed E-state index contributed by atoms with van der Waals surface area (Å²) in [6.07, 6.45) is 2.30. The van der Waals surface area contributed by atoms with Crippen LogP contribution in [0.4, 0.5) is 0 Å². The Hall–Kier alpha value is -1.92. The molecule has 0 atom stereocenters. The molecule has 1 saturated carbocycles. The minimum atomic E-state index is 0.179. The van der Waals surface area contributed by atoms with E-state index in [-0.39, 0.29) is 5.91 Å². The maximum absolute atomic E-state index is 11.9. The van der Waals surface area contributed by atoms with Gasteiger partial charge in [0.1, 0.15) is 5.82 Å². The predicted octanol–water partition coefficient (Wildman–Crippen LogP) is 0.959. The summed E-state index contributed by atoms with van der Waals surface area (Å²) in [5, 5.41) is 3.06. The number of para-hydroxylation sites is 2. The Bertz CT molecular complexity index is 652. The maximum Gasteiger partial charge on any atom is 0.234 e. The van der Waals surface area contributed by atoms with Crippen LogP contribution < -0.4 is 5.32 Å². The molecule has 23 heavy (non-hydrogen) atoms. The summed E-state index contributed by atoms with van der Waals surface area (Å²) in [5.41, 5.74) is 2.12. The fourth-order valence-electron chi connectivity index (χ4n) is 3.10. The Kier molecular flexibility index (Phi) is 4.01. The first-order valence-corrected chi connectivity index (χ1v) is 8.44. The van der Waals surface area contributed by atoms with Crippen molar-refractivity contribution < 1.29 is 4.79 Å². The third-order valence-corrected chi connectivity index (χ3v) is 4.59. The van der Waals surface area contributed by atoms with Gasteiger partial charge in [0.25, 0.3) is 0 Å². The van der Waals surface area contributed by atoms with Crippen molar-refractivity contribution in [3.05, 3.63) is 30.1 Å². The average Bonchev–Trinajstić information content (AvgIpc) is 3.25. The summed E-state index contributed by atoms with van der Waals surface area (Å²) in [5.74, 6) is 1.20. The number of fused-ring (bicyclic) bond motifs is 1. The van der Waals surface area contributed by atoms with Crippen LogP contribution in [0.5, 0.6) is 0 Å². The second-order valence-electron chi connectivity index (χ2n) is 6.59. The first-order chi connectivity index (χ1) is 11.3. The second-order valence-corrected chi connectivity index (χ2v) is 6.59. The Labute approximate surface area is 135 Å². The highest BCUT2D eigenvalue weighted by molar-refractivity contribution is 5.78. The molecule has 2 heterocycles. The van der Waals surface area contributed by atoms with Crippen LogP contribution in [0.25, 0.3) is 11.0 Å². The van der Waals surface area contributed by atoms with Gasteiger partial charge in [-0.15, -0.1) is 0 Å². The van der Waals surface area contributed by atoms with E-state index in [1.54, 1.807) is 0 Å². The molecular weight excluding hydrogens is 290 g/mol. The van der Waals surface area contributed by atoms with E-state index < -0.39 is 0 Å². The van der Waals surface area contributed by atoms with Crippen LogP contribution in [0.2, 0.25) is 0 Å². The molecule has 1 aliphatic heterocycles. The van der Waals surface area contributed by atoms with Crippen molar-refractivity contribution in [2.45, 2.75) is 25.4 Å². The number of carbonyl (C=O) groups excluding carboxylic acids is 1. The fourth-order valence-corrected chi connectivity index (χ4v) is 3.10. The molecule has 2 fully saturated rings. The van der Waals surface area contributed by atoms with Crippen molar-refractivity contribution >= 4 is 16.9 Å². The Balaban J connectivity index is 1.26. The number of nitrogens with zero attached hydrogens (tertiary/aromatic N) is 3. The first kappa shape index (κ1) is 14.7. The number of nitrogens with one attached hydrogen (secondary N) is 2. The van der Waals surface area contributed by atoms with E-state index >= 15 is 0 Å². The van der Waals surface area contributed by atoms with Crippen molar-refractivity contribution in [3.63, 3.8) is 0 Å². The third-order valence-electron chi connectivity index (χ3n) is 4.59. The molecule has 6 heteroatoms. The molecular formula is C17H23N5O. The Morgan fingerprint density at radius 2 is 1.91 bits per heavy atom. The molecule has 0 unspecified atom stereocenters. The summed E-state index contributed by atoms with van der Waals surface area (Å²) < 4.78 is 0. The lowest BCUT2D eigenvalue weighted by Gasteiger charge is -2.33. The van der Waals surface area contributed by atoms with Crippen LogP contribution in [-0.4, -0.2) is 64.4 Å². The third kappa shape index (κ3) is 3.71. The van der Waals surface area contributed by atoms with Gasteiger partial charge in [0.15, 0.2) is 0 Å². The van der Waals surface area contributed by atoms with Gasteiger partial charge in [-0.1, -0.05) is 12.1 Å². The molecule has 1 amide bonds. The fraction of sp³-hybridized carbons (Fsp3) is 0.529. The van der Waals surface area contributed by atoms with E-state index in [0.717, 1.165) is 62.4 Å². The summed E-state index contributed by atoms with van der Waals surface area (Å²) >= 11 is 0. The van der Waals surface area contributed by atoms with Crippen molar-refractivity contribution in [2.75, 3.05) is 32.7 Å². The quantitative estimate of drug-likeness (QED) is 0.863. The van der Waals surface area contributed by atoms with E-state index in [4.69, 9.17) is 0 Å². The highest BCUT2D eigenvalue weighted by atomic mass is 16.2. The number of piperazine rings is 1. The van der Waals surface area contributed by atoms with Crippen molar-refractivity contribution in [2.24, 2.45) is 0 Å². The van der Waals surface area contributed by atoms with Crippen LogP contribution in [0.15, 0.2) is 24.3 Å². The molecule has 2 aliphatic rings. The molecule has 0 bridgehead atoms. The average molecular weight is 313 g/mol. The minimum absolute atomic E-state index is 0.179. The number of aromatic amines is 1. The van der Waals surface area contributed by atoms with Crippen LogP contribution in [0.3, 0.4) is 0 Å². The van der Waals surface area contributed by atoms with Gasteiger partial charge in [0.05, 0.1) is 24.1 Å². The number of rotatable bonds is 5. The second kappa shape index (κ2) is 6.29. The molecule has 0 radical (unpaired) electrons. The van der Waals surface area contributed by atoms with Crippen LogP contribution in [-0.2, 0) is 11.3 Å². The van der Waals surface area contributed by atoms with Gasteiger partial charge >= 0.3 is 0 Å². The number of hydrogen-bond donors (Lipinski definition) is 2. The topological polar surface area (TPSA) is 64.3 Å². The number of hydrogen-bond acceptors (Lipinski definition) is 4. The Morgan fingerprint density at radius 1 is 1.17 bits per heavy atom. The molecule has 2 aromatic rings. The summed E-state index contributed by atoms with van der Waals surface area (Å²) in [6, 6.07) is 8.58. The van der Waals surface area contributed by atoms with Gasteiger partial charge in [-0.3, -0.25) is 14.6 Å². The standard InChI is InChI=1S/C17H23N5O/c23-17(18-13-5-6-13)12-22-9-7-21(8-10-22)11-16-19-14-3-1-2-4-15(14)20-16/h1-4,13H,5-12H2,(H,18,23)(H,19,20). The van der Waals surface area contributed by atoms with Crippen molar-refractivity contribution in [1.82, 2.24) is 25.1 Å². The van der Waals surface area contributed by atoms with Gasteiger partial charge in [0, 0.05) is 32.2 Å². The van der Waals surface area contributed by atoms with Gasteiger partial charge in [-0.05, 0) is 25.0 Å². The zero-order chi connectivity index (χ0) is 15.6. The molecule has 6 nitrogen and oxygen atoms in total. The molecule has 1 aromatic heterocycles. The van der Waals surface area contributed by atoms with E-state index in [0.29, 0.717) is 12.6 Å². The Morgan fingerprint density at radius 3 is 2.65 bits per heavy atom. The lowest BCUT2D eigenvalue weighted by Crippen LogP contribution is -2.49. The number of aromatic nitrogens is 2. The van der Waals surface area contributed by atoms with Crippen LogP contribution in [0.1, 0.15) is 18.7 Å². The summed E-state index contributed by atoms with van der Waals surface area (Å²) in [6.45, 7) is 5.23. The molecule has 0 spiro atoms. The number of benzene rings is 1. The summed E-state index contributed by atoms with van der Waals surface area (Å²) in [4.78, 5) is 24.5. The van der Waals surface area contributed by atoms with Crippen LogP contribution in [0, 0.1) is 0 Å². The normalized spacial score (nSPS) is 20.0. The largest absolute Gasteiger partial charge is 0.352 e. The van der Waals surface area contributed by atoms with Crippen molar-refractivity contribution in [3.8, 4) is 0 Å². The molecule has 122 valence electrons. The smallest absolute Gasteiger partial charge is 0.234 e. The maximum atomic E-state index is 11.9. The highest BCUT2D eigenvalue weighted by Gasteiger charge is 2.25. The number of carbonyl (C=O) groups is 1. The summed E-state index contributed by atoms with van der Waals surface area (Å²) in [7, 11) is 0. The van der Waals surface area contributed by atoms with E-state index in [2.05, 4.69) is 31.2 Å². The molecule has 1 aromatic carbocycles. The van der Waals surface area contributed by atoms with E-state index in [1.807, 2.05) is 18.2 Å². The van der Waals surface area contributed by atoms with Crippen LogP contribution >= 0.6 is 0 Å².